The van der Waals surface area contributed by atoms with Gasteiger partial charge in [0.05, 0.1) is 29.4 Å². The standard InChI is InChI=1S/C48H87NO5Si3/c1-20-40(44(51)48(31-24-32-48)42(30-34-50)53-56(16,17)46(8,9)10)43(54-57(18,19)47(11,12)13)37(3)26-23-25-36(2)28-29-41(52-55(14,15)45(5,6)7)38(4)35-39-27-21-22-33-49-39/h21-22,27-28,33-35,37,40-43H,20,23-26,29-32H2,1-19H3/t37-,40+,41-,42-,43-/m0/s1. The van der Waals surface area contributed by atoms with Gasteiger partial charge in [0, 0.05) is 18.5 Å². The first-order valence-electron chi connectivity index (χ1n) is 22.2. The van der Waals surface area contributed by atoms with Crippen molar-refractivity contribution in [3.05, 3.63) is 47.3 Å². The molecule has 1 heterocycles. The molecule has 0 saturated heterocycles. The van der Waals surface area contributed by atoms with Crippen LogP contribution in [0, 0.1) is 17.3 Å². The lowest BCUT2D eigenvalue weighted by Gasteiger charge is -2.52. The monoisotopic (exact) mass is 842 g/mol. The number of aromatic nitrogens is 1. The van der Waals surface area contributed by atoms with Gasteiger partial charge >= 0.3 is 0 Å². The summed E-state index contributed by atoms with van der Waals surface area (Å²) in [5, 5.41) is 0.101. The summed E-state index contributed by atoms with van der Waals surface area (Å²) in [6.45, 7) is 43.1. The number of carbonyl (C=O) groups excluding carboxylic acids is 2. The van der Waals surface area contributed by atoms with Crippen molar-refractivity contribution in [2.45, 2.75) is 221 Å². The van der Waals surface area contributed by atoms with Crippen LogP contribution < -0.4 is 0 Å². The van der Waals surface area contributed by atoms with Crippen molar-refractivity contribution in [2.75, 3.05) is 0 Å². The molecule has 57 heavy (non-hydrogen) atoms. The second kappa shape index (κ2) is 20.4. The summed E-state index contributed by atoms with van der Waals surface area (Å²) in [7, 11) is -6.50. The van der Waals surface area contributed by atoms with Gasteiger partial charge < -0.3 is 18.1 Å². The molecule has 1 aliphatic rings. The lowest BCUT2D eigenvalue weighted by Crippen LogP contribution is -2.58. The maximum atomic E-state index is 15.2. The van der Waals surface area contributed by atoms with Crippen LogP contribution in [0.4, 0.5) is 0 Å². The van der Waals surface area contributed by atoms with Crippen LogP contribution >= 0.6 is 0 Å². The summed E-state index contributed by atoms with van der Waals surface area (Å²) in [4.78, 5) is 32.0. The van der Waals surface area contributed by atoms with Crippen molar-refractivity contribution in [1.29, 1.82) is 0 Å². The Labute approximate surface area is 354 Å². The molecule has 6 nitrogen and oxygen atoms in total. The number of carbonyl (C=O) groups is 2. The van der Waals surface area contributed by atoms with Crippen LogP contribution in [0.25, 0.3) is 6.08 Å². The minimum absolute atomic E-state index is 0.0112. The second-order valence-electron chi connectivity index (χ2n) is 22.2. The van der Waals surface area contributed by atoms with E-state index in [4.69, 9.17) is 13.3 Å². The van der Waals surface area contributed by atoms with E-state index >= 15 is 4.79 Å². The van der Waals surface area contributed by atoms with Crippen LogP contribution in [0.2, 0.25) is 54.4 Å². The maximum absolute atomic E-state index is 15.2. The molecule has 0 amide bonds. The van der Waals surface area contributed by atoms with E-state index in [1.807, 2.05) is 24.4 Å². The fourth-order valence-electron chi connectivity index (χ4n) is 7.26. The molecule has 1 aliphatic carbocycles. The van der Waals surface area contributed by atoms with Crippen LogP contribution in [0.15, 0.2) is 41.6 Å². The van der Waals surface area contributed by atoms with E-state index in [1.165, 1.54) is 11.1 Å². The molecule has 5 atom stereocenters. The predicted molar refractivity (Wildman–Crippen MR) is 251 cm³/mol. The third-order valence-electron chi connectivity index (χ3n) is 14.6. The minimum atomic E-state index is -2.24. The fourth-order valence-corrected chi connectivity index (χ4v) is 11.4. The van der Waals surface area contributed by atoms with E-state index < -0.39 is 30.4 Å². The molecule has 0 radical (unpaired) electrons. The van der Waals surface area contributed by atoms with Crippen molar-refractivity contribution in [3.63, 3.8) is 0 Å². The molecule has 2 rings (SSSR count). The van der Waals surface area contributed by atoms with Gasteiger partial charge in [-0.2, -0.15) is 0 Å². The summed E-state index contributed by atoms with van der Waals surface area (Å²) in [6, 6.07) is 6.03. The summed E-state index contributed by atoms with van der Waals surface area (Å²) < 4.78 is 21.4. The van der Waals surface area contributed by atoms with E-state index in [0.29, 0.717) is 0 Å². The number of pyridine rings is 1. The third-order valence-corrected chi connectivity index (χ3v) is 28.0. The Morgan fingerprint density at radius 1 is 0.842 bits per heavy atom. The van der Waals surface area contributed by atoms with Crippen molar-refractivity contribution in [2.24, 2.45) is 17.3 Å². The second-order valence-corrected chi connectivity index (χ2v) is 36.4. The van der Waals surface area contributed by atoms with Crippen LogP contribution in [0.5, 0.6) is 0 Å². The summed E-state index contributed by atoms with van der Waals surface area (Å²) >= 11 is 0. The number of rotatable bonds is 22. The number of hydrogen-bond donors (Lipinski definition) is 0. The number of aldehydes is 1. The molecule has 0 unspecified atom stereocenters. The molecular formula is C48H87NO5Si3. The van der Waals surface area contributed by atoms with Gasteiger partial charge in [-0.1, -0.05) is 100 Å². The molecule has 1 fully saturated rings. The zero-order valence-corrected chi connectivity index (χ0v) is 43.3. The van der Waals surface area contributed by atoms with E-state index in [1.54, 1.807) is 0 Å². The Balaban J connectivity index is 2.39. The van der Waals surface area contributed by atoms with Crippen molar-refractivity contribution in [1.82, 2.24) is 4.98 Å². The predicted octanol–water partition coefficient (Wildman–Crippen LogP) is 14.2. The highest BCUT2D eigenvalue weighted by atomic mass is 28.4. The average Bonchev–Trinajstić information content (AvgIpc) is 3.04. The summed E-state index contributed by atoms with van der Waals surface area (Å²) in [5.74, 6) is 0.225. The first-order chi connectivity index (χ1) is 26.0. The molecular weight excluding hydrogens is 755 g/mol. The molecule has 0 bridgehead atoms. The summed E-state index contributed by atoms with van der Waals surface area (Å²) in [6.07, 6.45) is 14.2. The van der Waals surface area contributed by atoms with Crippen molar-refractivity contribution >= 4 is 43.1 Å². The number of nitrogens with zero attached hydrogens (tertiary/aromatic N) is 1. The number of ketones is 1. The molecule has 0 N–H and O–H groups in total. The molecule has 0 aromatic carbocycles. The van der Waals surface area contributed by atoms with Gasteiger partial charge in [0.15, 0.2) is 25.0 Å². The van der Waals surface area contributed by atoms with Gasteiger partial charge in [0.25, 0.3) is 0 Å². The van der Waals surface area contributed by atoms with Crippen molar-refractivity contribution < 1.29 is 22.9 Å². The molecule has 0 spiro atoms. The fraction of sp³-hybridized carbons (Fsp3) is 0.771. The van der Waals surface area contributed by atoms with Crippen LogP contribution in [0.3, 0.4) is 0 Å². The average molecular weight is 842 g/mol. The minimum Gasteiger partial charge on any atom is -0.413 e. The highest BCUT2D eigenvalue weighted by Gasteiger charge is 2.56. The Hall–Kier alpha value is -1.50. The largest absolute Gasteiger partial charge is 0.413 e. The van der Waals surface area contributed by atoms with E-state index in [2.05, 4.69) is 146 Å². The zero-order valence-electron chi connectivity index (χ0n) is 40.3. The molecule has 1 saturated carbocycles. The molecule has 1 aromatic heterocycles. The van der Waals surface area contributed by atoms with Crippen molar-refractivity contribution in [3.8, 4) is 0 Å². The summed E-state index contributed by atoms with van der Waals surface area (Å²) in [5.41, 5.74) is 2.90. The molecule has 9 heteroatoms. The maximum Gasteiger partial charge on any atom is 0.192 e. The molecule has 326 valence electrons. The normalized spacial score (nSPS) is 19.0. The first kappa shape index (κ1) is 51.6. The van der Waals surface area contributed by atoms with Crippen LogP contribution in [-0.2, 0) is 22.9 Å². The Kier molecular flexibility index (Phi) is 18.5. The Morgan fingerprint density at radius 2 is 1.39 bits per heavy atom. The quantitative estimate of drug-likeness (QED) is 0.0658. The third kappa shape index (κ3) is 13.8. The van der Waals surface area contributed by atoms with Crippen LogP contribution in [0.1, 0.15) is 153 Å². The molecule has 0 aliphatic heterocycles. The van der Waals surface area contributed by atoms with Gasteiger partial charge in [-0.05, 0) is 143 Å². The topological polar surface area (TPSA) is 74.7 Å². The lowest BCUT2D eigenvalue weighted by molar-refractivity contribution is -0.153. The Morgan fingerprint density at radius 3 is 1.84 bits per heavy atom. The first-order valence-corrected chi connectivity index (χ1v) is 30.9. The highest BCUT2D eigenvalue weighted by Crippen LogP contribution is 2.52. The van der Waals surface area contributed by atoms with Crippen LogP contribution in [-0.4, -0.2) is 60.3 Å². The van der Waals surface area contributed by atoms with Gasteiger partial charge in [0.2, 0.25) is 0 Å². The Bertz CT molecular complexity index is 1490. The van der Waals surface area contributed by atoms with Gasteiger partial charge in [-0.25, -0.2) is 0 Å². The zero-order chi connectivity index (χ0) is 43.8. The van der Waals surface area contributed by atoms with Gasteiger partial charge in [-0.15, -0.1) is 0 Å². The number of allylic oxidation sites excluding steroid dienone is 1. The molecule has 1 aromatic rings. The van der Waals surface area contributed by atoms with E-state index in [0.717, 1.165) is 63.3 Å². The van der Waals surface area contributed by atoms with Gasteiger partial charge in [-0.3, -0.25) is 9.78 Å². The van der Waals surface area contributed by atoms with E-state index in [-0.39, 0.29) is 57.5 Å². The smallest absolute Gasteiger partial charge is 0.192 e. The van der Waals surface area contributed by atoms with E-state index in [9.17, 15) is 4.79 Å². The SMILES string of the molecule is CC[C@@H](C(=O)C1([C@H](CC=O)O[Si](C)(C)C(C)(C)C)CCC1)[C@@H](O[Si](C)(C)C(C)(C)C)[C@@H](C)CCCC(C)=CC[C@H](O[Si](C)(C)C(C)(C)C)C(C)=Cc1ccccn1. The lowest BCUT2D eigenvalue weighted by atomic mass is 9.58. The highest BCUT2D eigenvalue weighted by molar-refractivity contribution is 6.75. The van der Waals surface area contributed by atoms with Gasteiger partial charge in [0.1, 0.15) is 12.1 Å². The number of hydrogen-bond acceptors (Lipinski definition) is 6. The number of Topliss-reactive ketones (excluding diaryl/α,β-unsaturated/α-hetero) is 1.